The van der Waals surface area contributed by atoms with Gasteiger partial charge in [-0.05, 0) is 23.6 Å². The lowest BCUT2D eigenvalue weighted by Crippen LogP contribution is -1.99. The summed E-state index contributed by atoms with van der Waals surface area (Å²) >= 11 is 5.84. The van der Waals surface area contributed by atoms with Gasteiger partial charge in [-0.25, -0.2) is 0 Å². The number of halogens is 1. The van der Waals surface area contributed by atoms with Crippen molar-refractivity contribution < 1.29 is 9.66 Å². The van der Waals surface area contributed by atoms with Gasteiger partial charge >= 0.3 is 5.69 Å². The molecule has 0 fully saturated rings. The minimum absolute atomic E-state index is 0.0837. The van der Waals surface area contributed by atoms with Gasteiger partial charge in [-0.3, -0.25) is 10.1 Å². The normalized spacial score (nSPS) is 10.3. The van der Waals surface area contributed by atoms with Crippen molar-refractivity contribution in [2.75, 3.05) is 0 Å². The third kappa shape index (κ3) is 3.48. The number of hydrogen-bond donors (Lipinski definition) is 0. The van der Waals surface area contributed by atoms with Crippen LogP contribution in [0.15, 0.2) is 42.5 Å². The predicted molar refractivity (Wildman–Crippen MR) is 78.3 cm³/mol. The first-order valence-corrected chi connectivity index (χ1v) is 6.62. The van der Waals surface area contributed by atoms with Crippen LogP contribution in [-0.2, 0) is 13.0 Å². The highest BCUT2D eigenvalue weighted by Gasteiger charge is 2.15. The summed E-state index contributed by atoms with van der Waals surface area (Å²) in [5.74, 6) is 0.182. The molecule has 0 unspecified atom stereocenters. The summed E-state index contributed by atoms with van der Waals surface area (Å²) in [6.45, 7) is 2.35. The van der Waals surface area contributed by atoms with Gasteiger partial charge in [0.25, 0.3) is 0 Å². The Morgan fingerprint density at radius 1 is 1.15 bits per heavy atom. The smallest absolute Gasteiger partial charge is 0.311 e. The molecule has 0 atom stereocenters. The molecule has 0 aromatic heterocycles. The molecule has 0 aliphatic carbocycles. The third-order valence-corrected chi connectivity index (χ3v) is 3.18. The van der Waals surface area contributed by atoms with Crippen molar-refractivity contribution in [1.29, 1.82) is 0 Å². The van der Waals surface area contributed by atoms with E-state index in [0.717, 1.165) is 12.0 Å². The molecule has 20 heavy (non-hydrogen) atoms. The van der Waals surface area contributed by atoms with Crippen LogP contribution in [0.25, 0.3) is 0 Å². The highest BCUT2D eigenvalue weighted by Crippen LogP contribution is 2.30. The third-order valence-electron chi connectivity index (χ3n) is 2.94. The first-order valence-electron chi connectivity index (χ1n) is 6.24. The van der Waals surface area contributed by atoms with Gasteiger partial charge in [-0.1, -0.05) is 42.8 Å². The summed E-state index contributed by atoms with van der Waals surface area (Å²) < 4.78 is 5.51. The average Bonchev–Trinajstić information content (AvgIpc) is 2.45. The Morgan fingerprint density at radius 3 is 2.40 bits per heavy atom. The van der Waals surface area contributed by atoms with Crippen molar-refractivity contribution in [3.8, 4) is 5.75 Å². The van der Waals surface area contributed by atoms with Gasteiger partial charge in [0, 0.05) is 17.2 Å². The quantitative estimate of drug-likeness (QED) is 0.606. The van der Waals surface area contributed by atoms with Crippen molar-refractivity contribution in [2.45, 2.75) is 20.0 Å². The van der Waals surface area contributed by atoms with Gasteiger partial charge in [0.1, 0.15) is 6.61 Å². The number of nitrogens with zero attached hydrogens (tertiary/aromatic N) is 1. The zero-order chi connectivity index (χ0) is 14.5. The fraction of sp³-hybridized carbons (Fsp3) is 0.200. The molecule has 0 saturated carbocycles. The van der Waals surface area contributed by atoms with E-state index in [2.05, 4.69) is 6.92 Å². The maximum atomic E-state index is 10.9. The van der Waals surface area contributed by atoms with Crippen molar-refractivity contribution in [1.82, 2.24) is 0 Å². The molecule has 0 radical (unpaired) electrons. The number of nitro groups is 1. The summed E-state index contributed by atoms with van der Waals surface area (Å²) in [7, 11) is 0. The fourth-order valence-electron chi connectivity index (χ4n) is 1.79. The zero-order valence-electron chi connectivity index (χ0n) is 11.0. The van der Waals surface area contributed by atoms with Crippen LogP contribution in [0.2, 0.25) is 5.02 Å². The Morgan fingerprint density at radius 2 is 1.80 bits per heavy atom. The van der Waals surface area contributed by atoms with Crippen LogP contribution in [0.4, 0.5) is 5.69 Å². The SMILES string of the molecule is CCc1ccc(COc2cc(Cl)ccc2[N+](=O)[O-])cc1. The maximum absolute atomic E-state index is 10.9. The second kappa shape index (κ2) is 6.39. The van der Waals surface area contributed by atoms with Crippen LogP contribution < -0.4 is 4.74 Å². The average molecular weight is 292 g/mol. The van der Waals surface area contributed by atoms with Crippen LogP contribution in [0, 0.1) is 10.1 Å². The molecule has 2 rings (SSSR count). The Bertz CT molecular complexity index is 611. The van der Waals surface area contributed by atoms with Gasteiger partial charge in [0.15, 0.2) is 5.75 Å². The first-order chi connectivity index (χ1) is 9.60. The minimum Gasteiger partial charge on any atom is -0.482 e. The number of aryl methyl sites for hydroxylation is 1. The van der Waals surface area contributed by atoms with E-state index < -0.39 is 4.92 Å². The second-order valence-corrected chi connectivity index (χ2v) is 4.76. The lowest BCUT2D eigenvalue weighted by molar-refractivity contribution is -0.385. The van der Waals surface area contributed by atoms with Crippen molar-refractivity contribution in [3.05, 3.63) is 68.7 Å². The molecule has 5 heteroatoms. The Labute approximate surface area is 122 Å². The molecule has 0 heterocycles. The van der Waals surface area contributed by atoms with Crippen LogP contribution >= 0.6 is 11.6 Å². The van der Waals surface area contributed by atoms with E-state index in [-0.39, 0.29) is 18.0 Å². The van der Waals surface area contributed by atoms with Gasteiger partial charge in [-0.15, -0.1) is 0 Å². The molecule has 0 amide bonds. The van der Waals surface area contributed by atoms with Crippen LogP contribution in [0.1, 0.15) is 18.1 Å². The molecular weight excluding hydrogens is 278 g/mol. The van der Waals surface area contributed by atoms with E-state index in [4.69, 9.17) is 16.3 Å². The van der Waals surface area contributed by atoms with E-state index >= 15 is 0 Å². The highest BCUT2D eigenvalue weighted by molar-refractivity contribution is 6.30. The van der Waals surface area contributed by atoms with E-state index in [1.165, 1.54) is 23.8 Å². The molecule has 0 saturated heterocycles. The van der Waals surface area contributed by atoms with Crippen LogP contribution in [-0.4, -0.2) is 4.92 Å². The Kier molecular flexibility index (Phi) is 4.58. The van der Waals surface area contributed by atoms with Gasteiger partial charge in [0.2, 0.25) is 0 Å². The van der Waals surface area contributed by atoms with E-state index in [9.17, 15) is 10.1 Å². The molecular formula is C15H14ClNO3. The Hall–Kier alpha value is -2.07. The summed E-state index contributed by atoms with van der Waals surface area (Å²) in [6.07, 6.45) is 0.973. The summed E-state index contributed by atoms with van der Waals surface area (Å²) in [5.41, 5.74) is 2.11. The molecule has 0 aliphatic rings. The Balaban J connectivity index is 2.13. The summed E-state index contributed by atoms with van der Waals surface area (Å²) in [4.78, 5) is 10.4. The van der Waals surface area contributed by atoms with Crippen LogP contribution in [0.5, 0.6) is 5.75 Å². The molecule has 0 spiro atoms. The molecule has 0 aliphatic heterocycles. The lowest BCUT2D eigenvalue weighted by atomic mass is 10.1. The standard InChI is InChI=1S/C15H14ClNO3/c1-2-11-3-5-12(6-4-11)10-20-15-9-13(16)7-8-14(15)17(18)19/h3-9H,2,10H2,1H3. The topological polar surface area (TPSA) is 52.4 Å². The first kappa shape index (κ1) is 14.3. The number of benzene rings is 2. The lowest BCUT2D eigenvalue weighted by Gasteiger charge is -2.07. The van der Waals surface area contributed by atoms with E-state index in [1.807, 2.05) is 24.3 Å². The minimum atomic E-state index is -0.480. The number of hydrogen-bond acceptors (Lipinski definition) is 3. The van der Waals surface area contributed by atoms with Crippen molar-refractivity contribution in [3.63, 3.8) is 0 Å². The highest BCUT2D eigenvalue weighted by atomic mass is 35.5. The van der Waals surface area contributed by atoms with E-state index in [0.29, 0.717) is 5.02 Å². The number of ether oxygens (including phenoxy) is 1. The largest absolute Gasteiger partial charge is 0.482 e. The molecule has 0 bridgehead atoms. The molecule has 2 aromatic rings. The number of nitro benzene ring substituents is 1. The van der Waals surface area contributed by atoms with Crippen molar-refractivity contribution >= 4 is 17.3 Å². The summed E-state index contributed by atoms with van der Waals surface area (Å²) in [6, 6.07) is 12.2. The molecule has 104 valence electrons. The van der Waals surface area contributed by atoms with Gasteiger partial charge in [0.05, 0.1) is 4.92 Å². The second-order valence-electron chi connectivity index (χ2n) is 4.33. The zero-order valence-corrected chi connectivity index (χ0v) is 11.8. The number of rotatable bonds is 5. The predicted octanol–water partition coefficient (Wildman–Crippen LogP) is 4.39. The maximum Gasteiger partial charge on any atom is 0.311 e. The van der Waals surface area contributed by atoms with Crippen molar-refractivity contribution in [2.24, 2.45) is 0 Å². The molecule has 2 aromatic carbocycles. The molecule has 4 nitrogen and oxygen atoms in total. The molecule has 0 N–H and O–H groups in total. The van der Waals surface area contributed by atoms with Gasteiger partial charge in [-0.2, -0.15) is 0 Å². The van der Waals surface area contributed by atoms with Gasteiger partial charge < -0.3 is 4.74 Å². The van der Waals surface area contributed by atoms with Crippen LogP contribution in [0.3, 0.4) is 0 Å². The fourth-order valence-corrected chi connectivity index (χ4v) is 1.95. The monoisotopic (exact) mass is 291 g/mol. The van der Waals surface area contributed by atoms with E-state index in [1.54, 1.807) is 0 Å². The summed E-state index contributed by atoms with van der Waals surface area (Å²) in [5, 5.41) is 11.3.